The average molecular weight is 438 g/mol. The monoisotopic (exact) mass is 437 g/mol. The maximum absolute atomic E-state index is 12.4. The number of hydrogen-bond acceptors (Lipinski definition) is 6. The van der Waals surface area contributed by atoms with Gasteiger partial charge in [-0.2, -0.15) is 5.26 Å². The van der Waals surface area contributed by atoms with Crippen LogP contribution in [0.3, 0.4) is 0 Å². The second-order valence-corrected chi connectivity index (χ2v) is 8.14. The van der Waals surface area contributed by atoms with E-state index in [1.54, 1.807) is 25.4 Å². The number of carbonyl (C=O) groups is 1. The minimum atomic E-state index is -0.190. The Bertz CT molecular complexity index is 1400. The fraction of sp³-hybridized carbons (Fsp3) is 0.200. The van der Waals surface area contributed by atoms with Gasteiger partial charge in [0.15, 0.2) is 0 Å². The smallest absolute Gasteiger partial charge is 0.253 e. The summed E-state index contributed by atoms with van der Waals surface area (Å²) >= 11 is 0. The number of H-pyrrole nitrogens is 1. The normalized spacial score (nSPS) is 15.5. The molecule has 3 heterocycles. The number of hydrogen-bond donors (Lipinski definition) is 3. The molecule has 0 saturated carbocycles. The molecule has 8 heteroatoms. The van der Waals surface area contributed by atoms with Crippen molar-refractivity contribution in [2.24, 2.45) is 5.73 Å². The first-order chi connectivity index (χ1) is 16.1. The predicted octanol–water partition coefficient (Wildman–Crippen LogP) is 3.06. The van der Waals surface area contributed by atoms with Crippen molar-refractivity contribution in [1.82, 2.24) is 20.3 Å². The number of para-hydroxylation sites is 1. The van der Waals surface area contributed by atoms with Crippen molar-refractivity contribution < 1.29 is 4.79 Å². The number of imidazole rings is 1. The van der Waals surface area contributed by atoms with Crippen molar-refractivity contribution in [1.29, 1.82) is 5.26 Å². The number of fused-ring (bicyclic) bond motifs is 1. The molecule has 0 bridgehead atoms. The van der Waals surface area contributed by atoms with Crippen molar-refractivity contribution in [2.45, 2.75) is 12.5 Å². The first-order valence-electron chi connectivity index (χ1n) is 10.8. The highest BCUT2D eigenvalue weighted by Crippen LogP contribution is 2.40. The van der Waals surface area contributed by atoms with E-state index in [0.29, 0.717) is 29.0 Å². The van der Waals surface area contributed by atoms with Crippen LogP contribution < -0.4 is 16.0 Å². The number of nitrogens with zero attached hydrogens (tertiary/aromatic N) is 4. The second kappa shape index (κ2) is 8.37. The predicted molar refractivity (Wildman–Crippen MR) is 128 cm³/mol. The third-order valence-corrected chi connectivity index (χ3v) is 6.00. The van der Waals surface area contributed by atoms with Crippen LogP contribution in [0.5, 0.6) is 0 Å². The second-order valence-electron chi connectivity index (χ2n) is 8.14. The van der Waals surface area contributed by atoms with Gasteiger partial charge in [-0.1, -0.05) is 18.2 Å². The van der Waals surface area contributed by atoms with Crippen LogP contribution in [0.15, 0.2) is 54.9 Å². The molecule has 0 unspecified atom stereocenters. The number of rotatable bonds is 4. The Morgan fingerprint density at radius 2 is 2.06 bits per heavy atom. The molecular formula is C25H23N7O. The number of nitriles is 1. The van der Waals surface area contributed by atoms with Crippen molar-refractivity contribution in [3.8, 4) is 28.6 Å². The van der Waals surface area contributed by atoms with Crippen LogP contribution >= 0.6 is 0 Å². The summed E-state index contributed by atoms with van der Waals surface area (Å²) in [7, 11) is 1.60. The van der Waals surface area contributed by atoms with E-state index in [2.05, 4.69) is 26.3 Å². The quantitative estimate of drug-likeness (QED) is 0.451. The molecule has 1 fully saturated rings. The van der Waals surface area contributed by atoms with E-state index < -0.39 is 0 Å². The van der Waals surface area contributed by atoms with Gasteiger partial charge in [-0.3, -0.25) is 9.78 Å². The van der Waals surface area contributed by atoms with Gasteiger partial charge in [-0.25, -0.2) is 4.98 Å². The minimum absolute atomic E-state index is 0.0832. The summed E-state index contributed by atoms with van der Waals surface area (Å²) in [6, 6.07) is 15.3. The molecule has 4 aromatic rings. The fourth-order valence-corrected chi connectivity index (χ4v) is 4.40. The number of aromatic nitrogens is 3. The summed E-state index contributed by atoms with van der Waals surface area (Å²) in [5.41, 5.74) is 12.3. The highest BCUT2D eigenvalue weighted by atomic mass is 16.1. The van der Waals surface area contributed by atoms with E-state index in [0.717, 1.165) is 40.9 Å². The lowest BCUT2D eigenvalue weighted by Crippen LogP contribution is -2.27. The molecule has 5 rings (SSSR count). The molecule has 0 spiro atoms. The summed E-state index contributed by atoms with van der Waals surface area (Å²) in [5, 5.41) is 12.1. The van der Waals surface area contributed by atoms with Crippen molar-refractivity contribution in [2.75, 3.05) is 25.0 Å². The van der Waals surface area contributed by atoms with E-state index in [9.17, 15) is 10.1 Å². The van der Waals surface area contributed by atoms with Crippen LogP contribution in [0.2, 0.25) is 0 Å². The number of anilines is 1. The Morgan fingerprint density at radius 3 is 2.82 bits per heavy atom. The third kappa shape index (κ3) is 3.69. The SMILES string of the molecule is CNC(=O)c1cccc2[nH]c(-c3cncc(-c4cccc(C#N)c4)c3N3CC[C@H](N)C3)nc12. The molecule has 2 aromatic carbocycles. The number of pyridine rings is 1. The molecule has 4 N–H and O–H groups in total. The Kier molecular flexibility index (Phi) is 5.24. The standard InChI is InChI=1S/C25H23N7O/c1-28-25(33)18-6-3-7-21-22(18)31-24(30-21)20-13-29-12-19(16-5-2-4-15(10-16)11-26)23(20)32-9-8-17(27)14-32/h2-7,10,12-13,17H,8-9,14,27H2,1H3,(H,28,33)(H,30,31)/t17-/m0/s1. The van der Waals surface area contributed by atoms with Crippen LogP contribution in [0.4, 0.5) is 5.69 Å². The molecule has 33 heavy (non-hydrogen) atoms. The number of aromatic amines is 1. The minimum Gasteiger partial charge on any atom is -0.369 e. The van der Waals surface area contributed by atoms with E-state index >= 15 is 0 Å². The maximum Gasteiger partial charge on any atom is 0.253 e. The van der Waals surface area contributed by atoms with Crippen LogP contribution in [-0.4, -0.2) is 47.0 Å². The fourth-order valence-electron chi connectivity index (χ4n) is 4.40. The van der Waals surface area contributed by atoms with Gasteiger partial charge in [-0.15, -0.1) is 0 Å². The first kappa shape index (κ1) is 20.7. The van der Waals surface area contributed by atoms with Gasteiger partial charge in [0.2, 0.25) is 0 Å². The summed E-state index contributed by atoms with van der Waals surface area (Å²) in [5.74, 6) is 0.437. The van der Waals surface area contributed by atoms with Crippen molar-refractivity contribution >= 4 is 22.6 Å². The van der Waals surface area contributed by atoms with E-state index in [1.807, 2.05) is 36.5 Å². The number of amides is 1. The number of nitrogens with two attached hydrogens (primary N) is 1. The Hall–Kier alpha value is -4.22. The van der Waals surface area contributed by atoms with Crippen molar-refractivity contribution in [3.63, 3.8) is 0 Å². The lowest BCUT2D eigenvalue weighted by atomic mass is 10.00. The van der Waals surface area contributed by atoms with Crippen molar-refractivity contribution in [3.05, 3.63) is 66.0 Å². The first-order valence-corrected chi connectivity index (χ1v) is 10.8. The summed E-state index contributed by atoms with van der Waals surface area (Å²) in [6.45, 7) is 1.53. The Labute approximate surface area is 191 Å². The van der Waals surface area contributed by atoms with Gasteiger partial charge in [0.25, 0.3) is 5.91 Å². The number of benzene rings is 2. The number of carbonyl (C=O) groups excluding carboxylic acids is 1. The Balaban J connectivity index is 1.73. The van der Waals surface area contributed by atoms with Gasteiger partial charge < -0.3 is 20.9 Å². The molecular weight excluding hydrogens is 414 g/mol. The van der Waals surface area contributed by atoms with Gasteiger partial charge in [0.1, 0.15) is 11.3 Å². The lowest BCUT2D eigenvalue weighted by molar-refractivity contribution is 0.0964. The van der Waals surface area contributed by atoms with Crippen LogP contribution in [0.25, 0.3) is 33.5 Å². The van der Waals surface area contributed by atoms with Crippen LogP contribution in [0.1, 0.15) is 22.3 Å². The van der Waals surface area contributed by atoms with E-state index in [4.69, 9.17) is 10.7 Å². The third-order valence-electron chi connectivity index (χ3n) is 6.00. The van der Waals surface area contributed by atoms with E-state index in [1.165, 1.54) is 0 Å². The van der Waals surface area contributed by atoms with Gasteiger partial charge in [-0.05, 0) is 36.2 Å². The molecule has 1 aliphatic heterocycles. The molecule has 2 aromatic heterocycles. The van der Waals surface area contributed by atoms with E-state index in [-0.39, 0.29) is 11.9 Å². The molecule has 0 aliphatic carbocycles. The molecule has 1 atom stereocenters. The summed E-state index contributed by atoms with van der Waals surface area (Å²) < 4.78 is 0. The van der Waals surface area contributed by atoms with Crippen LogP contribution in [0, 0.1) is 11.3 Å². The molecule has 1 saturated heterocycles. The van der Waals surface area contributed by atoms with Gasteiger partial charge >= 0.3 is 0 Å². The molecule has 8 nitrogen and oxygen atoms in total. The van der Waals surface area contributed by atoms with Gasteiger partial charge in [0, 0.05) is 44.1 Å². The largest absolute Gasteiger partial charge is 0.369 e. The number of nitrogens with one attached hydrogen (secondary N) is 2. The summed E-state index contributed by atoms with van der Waals surface area (Å²) in [6.07, 6.45) is 4.49. The van der Waals surface area contributed by atoms with Crippen LogP contribution in [-0.2, 0) is 0 Å². The topological polar surface area (TPSA) is 124 Å². The zero-order valence-corrected chi connectivity index (χ0v) is 18.2. The average Bonchev–Trinajstić information content (AvgIpc) is 3.49. The lowest BCUT2D eigenvalue weighted by Gasteiger charge is -2.24. The highest BCUT2D eigenvalue weighted by Gasteiger charge is 2.27. The maximum atomic E-state index is 12.4. The molecule has 1 aliphatic rings. The zero-order chi connectivity index (χ0) is 22.9. The zero-order valence-electron chi connectivity index (χ0n) is 18.2. The molecule has 1 amide bonds. The summed E-state index contributed by atoms with van der Waals surface area (Å²) in [4.78, 5) is 27.3. The van der Waals surface area contributed by atoms with Gasteiger partial charge in [0.05, 0.1) is 34.0 Å². The Morgan fingerprint density at radius 1 is 1.24 bits per heavy atom. The molecule has 0 radical (unpaired) electrons. The highest BCUT2D eigenvalue weighted by molar-refractivity contribution is 6.05. The molecule has 164 valence electrons.